The van der Waals surface area contributed by atoms with E-state index >= 15 is 0 Å². The first-order valence-corrected chi connectivity index (χ1v) is 5.52. The molecule has 2 atom stereocenters. The van der Waals surface area contributed by atoms with Gasteiger partial charge in [-0.2, -0.15) is 13.2 Å². The van der Waals surface area contributed by atoms with Crippen molar-refractivity contribution in [3.63, 3.8) is 0 Å². The van der Waals surface area contributed by atoms with Gasteiger partial charge in [0.1, 0.15) is 6.04 Å². The predicted molar refractivity (Wildman–Crippen MR) is 57.3 cm³/mol. The molecule has 1 amide bonds. The van der Waals surface area contributed by atoms with Crippen molar-refractivity contribution in [3.05, 3.63) is 0 Å². The second-order valence-corrected chi connectivity index (χ2v) is 4.42. The average molecular weight is 253 g/mol. The van der Waals surface area contributed by atoms with Gasteiger partial charge in [-0.15, -0.1) is 0 Å². The Morgan fingerprint density at radius 1 is 1.53 bits per heavy atom. The summed E-state index contributed by atoms with van der Waals surface area (Å²) >= 11 is 0. The molecule has 0 unspecified atom stereocenters. The molecule has 1 rings (SSSR count). The third-order valence-corrected chi connectivity index (χ3v) is 3.02. The zero-order chi connectivity index (χ0) is 13.2. The highest BCUT2D eigenvalue weighted by Crippen LogP contribution is 2.30. The third kappa shape index (κ3) is 3.10. The van der Waals surface area contributed by atoms with Gasteiger partial charge in [0.2, 0.25) is 5.91 Å². The summed E-state index contributed by atoms with van der Waals surface area (Å²) in [5.41, 5.74) is 5.19. The summed E-state index contributed by atoms with van der Waals surface area (Å²) in [6.45, 7) is -0.244. The number of amides is 1. The van der Waals surface area contributed by atoms with Crippen molar-refractivity contribution < 1.29 is 18.0 Å². The van der Waals surface area contributed by atoms with Crippen molar-refractivity contribution in [3.8, 4) is 0 Å². The number of alkyl halides is 3. The molecule has 0 bridgehead atoms. The van der Waals surface area contributed by atoms with Crippen LogP contribution in [0.5, 0.6) is 0 Å². The molecule has 0 spiro atoms. The van der Waals surface area contributed by atoms with Crippen molar-refractivity contribution in [1.82, 2.24) is 9.80 Å². The molecule has 2 N–H and O–H groups in total. The molecule has 7 heteroatoms. The summed E-state index contributed by atoms with van der Waals surface area (Å²) in [5.74, 6) is -0.287. The number of nitrogens with two attached hydrogens (primary N) is 1. The maximum Gasteiger partial charge on any atom is 0.405 e. The van der Waals surface area contributed by atoms with Crippen molar-refractivity contribution in [2.75, 3.05) is 27.2 Å². The second-order valence-electron chi connectivity index (χ2n) is 4.42. The predicted octanol–water partition coefficient (Wildman–Crippen LogP) is 0.429. The highest BCUT2D eigenvalue weighted by molar-refractivity contribution is 5.81. The second kappa shape index (κ2) is 5.22. The lowest BCUT2D eigenvalue weighted by atomic mass is 10.1. The van der Waals surface area contributed by atoms with Gasteiger partial charge in [0.15, 0.2) is 0 Å². The maximum absolute atomic E-state index is 12.8. The summed E-state index contributed by atoms with van der Waals surface area (Å²) in [4.78, 5) is 14.3. The first kappa shape index (κ1) is 14.2. The molecule has 100 valence electrons. The van der Waals surface area contributed by atoms with Gasteiger partial charge in [0.05, 0.1) is 6.04 Å². The third-order valence-electron chi connectivity index (χ3n) is 3.02. The molecule has 0 aliphatic carbocycles. The maximum atomic E-state index is 12.8. The van der Waals surface area contributed by atoms with Crippen LogP contribution in [0, 0.1) is 0 Å². The molecule has 17 heavy (non-hydrogen) atoms. The molecule has 4 nitrogen and oxygen atoms in total. The van der Waals surface area contributed by atoms with Crippen LogP contribution in [-0.4, -0.2) is 61.2 Å². The van der Waals surface area contributed by atoms with Gasteiger partial charge in [0.25, 0.3) is 0 Å². The standard InChI is InChI=1S/C10H18F3N3O/c1-15(2)9(17)7-4-3-5-16(7)8(6-14)10(11,12)13/h7-8H,3-6,14H2,1-2H3/t7-,8-/m0/s1. The topological polar surface area (TPSA) is 49.6 Å². The Morgan fingerprint density at radius 2 is 2.12 bits per heavy atom. The van der Waals surface area contributed by atoms with Crippen LogP contribution in [0.15, 0.2) is 0 Å². The number of carbonyl (C=O) groups excluding carboxylic acids is 1. The monoisotopic (exact) mass is 253 g/mol. The minimum atomic E-state index is -4.38. The smallest absolute Gasteiger partial charge is 0.347 e. The highest BCUT2D eigenvalue weighted by Gasteiger charge is 2.48. The van der Waals surface area contributed by atoms with Crippen LogP contribution < -0.4 is 5.73 Å². The first-order valence-electron chi connectivity index (χ1n) is 5.52. The Hall–Kier alpha value is -0.820. The Bertz CT molecular complexity index is 280. The van der Waals surface area contributed by atoms with E-state index in [4.69, 9.17) is 5.73 Å². The molecule has 0 aromatic carbocycles. The van der Waals surface area contributed by atoms with E-state index in [2.05, 4.69) is 0 Å². The number of hydrogen-bond donors (Lipinski definition) is 1. The highest BCUT2D eigenvalue weighted by atomic mass is 19.4. The fourth-order valence-corrected chi connectivity index (χ4v) is 2.18. The van der Waals surface area contributed by atoms with Crippen LogP contribution >= 0.6 is 0 Å². The first-order chi connectivity index (χ1) is 7.79. The van der Waals surface area contributed by atoms with Crippen LogP contribution in [0.25, 0.3) is 0 Å². The molecule has 1 heterocycles. The SMILES string of the molecule is CN(C)C(=O)[C@@H]1CCCN1[C@@H](CN)C(F)(F)F. The van der Waals surface area contributed by atoms with Crippen LogP contribution in [-0.2, 0) is 4.79 Å². The largest absolute Gasteiger partial charge is 0.405 e. The lowest BCUT2D eigenvalue weighted by Gasteiger charge is -2.33. The van der Waals surface area contributed by atoms with Crippen LogP contribution in [0.1, 0.15) is 12.8 Å². The van der Waals surface area contributed by atoms with Crippen molar-refractivity contribution in [1.29, 1.82) is 0 Å². The Labute approximate surface area is 98.5 Å². The molecule has 1 aliphatic rings. The number of nitrogens with zero attached hydrogens (tertiary/aromatic N) is 2. The summed E-state index contributed by atoms with van der Waals surface area (Å²) in [5, 5.41) is 0. The minimum Gasteiger partial charge on any atom is -0.347 e. The molecule has 0 radical (unpaired) electrons. The number of carbonyl (C=O) groups is 1. The quantitative estimate of drug-likeness (QED) is 0.793. The van der Waals surface area contributed by atoms with Gasteiger partial charge >= 0.3 is 6.18 Å². The van der Waals surface area contributed by atoms with E-state index in [9.17, 15) is 18.0 Å². The molecule has 0 saturated carbocycles. The van der Waals surface area contributed by atoms with Crippen LogP contribution in [0.3, 0.4) is 0 Å². The summed E-state index contributed by atoms with van der Waals surface area (Å²) in [7, 11) is 3.09. The lowest BCUT2D eigenvalue weighted by molar-refractivity contribution is -0.185. The van der Waals surface area contributed by atoms with Gasteiger partial charge in [-0.1, -0.05) is 0 Å². The van der Waals surface area contributed by atoms with Crippen molar-refractivity contribution in [2.24, 2.45) is 5.73 Å². The van der Waals surface area contributed by atoms with Crippen LogP contribution in [0.2, 0.25) is 0 Å². The summed E-state index contributed by atoms with van der Waals surface area (Å²) < 4.78 is 38.3. The van der Waals surface area contributed by atoms with E-state index < -0.39 is 24.8 Å². The van der Waals surface area contributed by atoms with E-state index in [1.165, 1.54) is 9.80 Å². The molecule has 0 aromatic rings. The summed E-state index contributed by atoms with van der Waals surface area (Å²) in [6, 6.07) is -2.42. The lowest BCUT2D eigenvalue weighted by Crippen LogP contribution is -2.55. The van der Waals surface area contributed by atoms with E-state index in [0.717, 1.165) is 0 Å². The Balaban J connectivity index is 2.84. The minimum absolute atomic E-state index is 0.269. The number of halogens is 3. The number of likely N-dealkylation sites (N-methyl/N-ethyl adjacent to an activating group) is 1. The molecule has 1 saturated heterocycles. The van der Waals surface area contributed by atoms with Gasteiger partial charge in [-0.05, 0) is 19.4 Å². The van der Waals surface area contributed by atoms with E-state index in [0.29, 0.717) is 12.8 Å². The molecule has 1 aliphatic heterocycles. The van der Waals surface area contributed by atoms with Gasteiger partial charge in [0, 0.05) is 20.6 Å². The molecule has 1 fully saturated rings. The number of hydrogen-bond acceptors (Lipinski definition) is 3. The average Bonchev–Trinajstić information content (AvgIpc) is 2.64. The molecular weight excluding hydrogens is 235 g/mol. The Kier molecular flexibility index (Phi) is 4.37. The van der Waals surface area contributed by atoms with Crippen LogP contribution in [0.4, 0.5) is 13.2 Å². The van der Waals surface area contributed by atoms with Gasteiger partial charge in [-0.3, -0.25) is 9.69 Å². The van der Waals surface area contributed by atoms with Crippen molar-refractivity contribution in [2.45, 2.75) is 31.1 Å². The molecular formula is C10H18F3N3O. The zero-order valence-electron chi connectivity index (χ0n) is 10.00. The Morgan fingerprint density at radius 3 is 2.53 bits per heavy atom. The number of rotatable bonds is 3. The van der Waals surface area contributed by atoms with E-state index in [1.807, 2.05) is 0 Å². The van der Waals surface area contributed by atoms with Gasteiger partial charge in [-0.25, -0.2) is 0 Å². The summed E-state index contributed by atoms with van der Waals surface area (Å²) in [6.07, 6.45) is -3.33. The van der Waals surface area contributed by atoms with Crippen molar-refractivity contribution >= 4 is 5.91 Å². The fraction of sp³-hybridized carbons (Fsp3) is 0.900. The number of likely N-dealkylation sites (tertiary alicyclic amines) is 1. The fourth-order valence-electron chi connectivity index (χ4n) is 2.18. The van der Waals surface area contributed by atoms with E-state index in [-0.39, 0.29) is 12.5 Å². The van der Waals surface area contributed by atoms with Gasteiger partial charge < -0.3 is 10.6 Å². The zero-order valence-corrected chi connectivity index (χ0v) is 10.00. The van der Waals surface area contributed by atoms with E-state index in [1.54, 1.807) is 14.1 Å². The normalized spacial score (nSPS) is 23.8. The molecule has 0 aromatic heterocycles.